The summed E-state index contributed by atoms with van der Waals surface area (Å²) in [4.78, 5) is 29.9. The van der Waals surface area contributed by atoms with E-state index in [1.165, 1.54) is 0 Å². The molecule has 0 unspecified atom stereocenters. The highest BCUT2D eigenvalue weighted by Gasteiger charge is 2.29. The number of ether oxygens (including phenoxy) is 2. The molecule has 0 radical (unpaired) electrons. The van der Waals surface area contributed by atoms with Crippen LogP contribution in [0, 0.1) is 0 Å². The Morgan fingerprint density at radius 3 is 2.38 bits per heavy atom. The van der Waals surface area contributed by atoms with Crippen molar-refractivity contribution in [2.24, 2.45) is 0 Å². The Morgan fingerprint density at radius 1 is 0.971 bits per heavy atom. The molecular weight excluding hydrogens is 454 g/mol. The van der Waals surface area contributed by atoms with E-state index in [2.05, 4.69) is 5.32 Å². The first-order valence-electron chi connectivity index (χ1n) is 10.9. The number of hydrogen-bond donors (Lipinski definition) is 1. The van der Waals surface area contributed by atoms with Crippen molar-refractivity contribution in [1.82, 2.24) is 4.90 Å². The number of methoxy groups -OCH3 is 2. The van der Waals surface area contributed by atoms with Crippen molar-refractivity contribution in [2.75, 3.05) is 37.5 Å². The topological polar surface area (TPSA) is 71.1 Å². The lowest BCUT2D eigenvalue weighted by Gasteiger charge is -2.36. The summed E-state index contributed by atoms with van der Waals surface area (Å²) in [5.41, 5.74) is 2.44. The van der Waals surface area contributed by atoms with E-state index < -0.39 is 0 Å². The van der Waals surface area contributed by atoms with E-state index in [0.29, 0.717) is 47.3 Å². The summed E-state index contributed by atoms with van der Waals surface area (Å²) in [6.07, 6.45) is 0.797. The van der Waals surface area contributed by atoms with Gasteiger partial charge in [-0.05, 0) is 48.4 Å². The summed E-state index contributed by atoms with van der Waals surface area (Å²) in [5, 5.41) is 3.26. The lowest BCUT2D eigenvalue weighted by Crippen LogP contribution is -2.49. The highest BCUT2D eigenvalue weighted by molar-refractivity contribution is 6.34. The lowest BCUT2D eigenvalue weighted by molar-refractivity contribution is 0.102. The van der Waals surface area contributed by atoms with Gasteiger partial charge in [-0.3, -0.25) is 9.69 Å². The maximum Gasteiger partial charge on any atom is 0.324 e. The van der Waals surface area contributed by atoms with Gasteiger partial charge >= 0.3 is 6.03 Å². The highest BCUT2D eigenvalue weighted by Crippen LogP contribution is 2.33. The number of rotatable bonds is 7. The Balaban J connectivity index is 1.59. The molecule has 0 atom stereocenters. The summed E-state index contributed by atoms with van der Waals surface area (Å²) in [5.74, 6) is 0.977. The molecule has 34 heavy (non-hydrogen) atoms. The van der Waals surface area contributed by atoms with Crippen molar-refractivity contribution in [3.05, 3.63) is 82.9 Å². The SMILES string of the molecule is COc1ccc(CN2CCCN(c3ccc(OC)cc3NC(=O)c3ccccc3Cl)C2=O)cc1. The summed E-state index contributed by atoms with van der Waals surface area (Å²) >= 11 is 6.21. The molecule has 1 fully saturated rings. The summed E-state index contributed by atoms with van der Waals surface area (Å²) in [6.45, 7) is 1.68. The van der Waals surface area contributed by atoms with Crippen LogP contribution >= 0.6 is 11.6 Å². The Morgan fingerprint density at radius 2 is 1.68 bits per heavy atom. The van der Waals surface area contributed by atoms with Crippen LogP contribution in [0.1, 0.15) is 22.3 Å². The predicted molar refractivity (Wildman–Crippen MR) is 133 cm³/mol. The fourth-order valence-electron chi connectivity index (χ4n) is 3.92. The van der Waals surface area contributed by atoms with Gasteiger partial charge in [-0.15, -0.1) is 0 Å². The van der Waals surface area contributed by atoms with E-state index in [0.717, 1.165) is 17.7 Å². The second-order valence-electron chi connectivity index (χ2n) is 7.87. The van der Waals surface area contributed by atoms with Crippen molar-refractivity contribution >= 4 is 34.9 Å². The molecular formula is C26H26ClN3O4. The third kappa shape index (κ3) is 5.10. The maximum absolute atomic E-state index is 13.4. The Bertz CT molecular complexity index is 1180. The number of halogens is 1. The molecule has 1 N–H and O–H groups in total. The first-order valence-corrected chi connectivity index (χ1v) is 11.3. The minimum Gasteiger partial charge on any atom is -0.497 e. The van der Waals surface area contributed by atoms with Gasteiger partial charge in [0.05, 0.1) is 36.2 Å². The third-order valence-electron chi connectivity index (χ3n) is 5.70. The van der Waals surface area contributed by atoms with Gasteiger partial charge in [-0.25, -0.2) is 4.79 Å². The van der Waals surface area contributed by atoms with Gasteiger partial charge in [0.25, 0.3) is 5.91 Å². The van der Waals surface area contributed by atoms with Crippen molar-refractivity contribution in [1.29, 1.82) is 0 Å². The predicted octanol–water partition coefficient (Wildman–Crippen LogP) is 5.44. The minimum atomic E-state index is -0.361. The summed E-state index contributed by atoms with van der Waals surface area (Å²) in [6, 6.07) is 19.6. The van der Waals surface area contributed by atoms with Crippen LogP contribution in [-0.2, 0) is 6.54 Å². The molecule has 3 amide bonds. The van der Waals surface area contributed by atoms with E-state index in [9.17, 15) is 9.59 Å². The zero-order chi connectivity index (χ0) is 24.1. The average Bonchev–Trinajstić information content (AvgIpc) is 2.86. The average molecular weight is 480 g/mol. The summed E-state index contributed by atoms with van der Waals surface area (Å²) in [7, 11) is 3.18. The molecule has 3 aromatic rings. The zero-order valence-corrected chi connectivity index (χ0v) is 19.8. The van der Waals surface area contributed by atoms with Crippen LogP contribution in [0.2, 0.25) is 5.02 Å². The van der Waals surface area contributed by atoms with Crippen LogP contribution < -0.4 is 19.7 Å². The zero-order valence-electron chi connectivity index (χ0n) is 19.1. The molecule has 3 aromatic carbocycles. The van der Waals surface area contributed by atoms with E-state index in [1.807, 2.05) is 24.3 Å². The largest absolute Gasteiger partial charge is 0.497 e. The molecule has 4 rings (SSSR count). The van der Waals surface area contributed by atoms with E-state index in [1.54, 1.807) is 66.5 Å². The molecule has 176 valence electrons. The van der Waals surface area contributed by atoms with E-state index in [4.69, 9.17) is 21.1 Å². The van der Waals surface area contributed by atoms with Gasteiger partial charge < -0.3 is 19.7 Å². The number of nitrogens with one attached hydrogen (secondary N) is 1. The molecule has 0 bridgehead atoms. The quantitative estimate of drug-likeness (QED) is 0.489. The van der Waals surface area contributed by atoms with Crippen LogP contribution in [0.15, 0.2) is 66.7 Å². The standard InChI is InChI=1S/C26H26ClN3O4/c1-33-19-10-8-18(9-11-19)17-29-14-5-15-30(26(29)32)24-13-12-20(34-2)16-23(24)28-25(31)21-6-3-4-7-22(21)27/h3-4,6-13,16H,5,14-15,17H2,1-2H3,(H,28,31). The lowest BCUT2D eigenvalue weighted by atomic mass is 10.1. The van der Waals surface area contributed by atoms with Gasteiger partial charge in [0.2, 0.25) is 0 Å². The smallest absolute Gasteiger partial charge is 0.324 e. The molecule has 0 spiro atoms. The molecule has 1 saturated heterocycles. The molecule has 0 aromatic heterocycles. The first kappa shape index (κ1) is 23.4. The van der Waals surface area contributed by atoms with Crippen molar-refractivity contribution in [3.63, 3.8) is 0 Å². The van der Waals surface area contributed by atoms with Crippen LogP contribution in [-0.4, -0.2) is 44.1 Å². The first-order chi connectivity index (χ1) is 16.5. The fraction of sp³-hybridized carbons (Fsp3) is 0.231. The number of urea groups is 1. The third-order valence-corrected chi connectivity index (χ3v) is 6.03. The van der Waals surface area contributed by atoms with Crippen LogP contribution in [0.4, 0.5) is 16.2 Å². The van der Waals surface area contributed by atoms with Crippen molar-refractivity contribution in [3.8, 4) is 11.5 Å². The molecule has 1 heterocycles. The van der Waals surface area contributed by atoms with Crippen LogP contribution in [0.3, 0.4) is 0 Å². The molecule has 1 aliphatic rings. The second-order valence-corrected chi connectivity index (χ2v) is 8.28. The van der Waals surface area contributed by atoms with Gasteiger partial charge in [-0.2, -0.15) is 0 Å². The number of hydrogen-bond acceptors (Lipinski definition) is 4. The van der Waals surface area contributed by atoms with Crippen LogP contribution in [0.25, 0.3) is 0 Å². The van der Waals surface area contributed by atoms with Crippen molar-refractivity contribution in [2.45, 2.75) is 13.0 Å². The van der Waals surface area contributed by atoms with Gasteiger partial charge in [0.15, 0.2) is 0 Å². The number of anilines is 2. The van der Waals surface area contributed by atoms with Crippen LogP contribution in [0.5, 0.6) is 11.5 Å². The van der Waals surface area contributed by atoms with E-state index in [-0.39, 0.29) is 11.9 Å². The minimum absolute atomic E-state index is 0.125. The fourth-order valence-corrected chi connectivity index (χ4v) is 4.14. The Labute approximate surface area is 203 Å². The summed E-state index contributed by atoms with van der Waals surface area (Å²) < 4.78 is 10.6. The Hall–Kier alpha value is -3.71. The number of benzene rings is 3. The molecule has 8 heteroatoms. The van der Waals surface area contributed by atoms with Gasteiger partial charge in [0, 0.05) is 25.7 Å². The number of amides is 3. The Kier molecular flexibility index (Phi) is 7.23. The van der Waals surface area contributed by atoms with E-state index >= 15 is 0 Å². The monoisotopic (exact) mass is 479 g/mol. The number of nitrogens with zero attached hydrogens (tertiary/aromatic N) is 2. The second kappa shape index (κ2) is 10.5. The number of carbonyl (C=O) groups excluding carboxylic acids is 2. The highest BCUT2D eigenvalue weighted by atomic mass is 35.5. The maximum atomic E-state index is 13.4. The molecule has 7 nitrogen and oxygen atoms in total. The molecule has 0 saturated carbocycles. The molecule has 0 aliphatic carbocycles. The normalized spacial score (nSPS) is 13.6. The molecule has 1 aliphatic heterocycles. The number of carbonyl (C=O) groups is 2. The van der Waals surface area contributed by atoms with Crippen molar-refractivity contribution < 1.29 is 19.1 Å². The van der Waals surface area contributed by atoms with Gasteiger partial charge in [0.1, 0.15) is 11.5 Å². The van der Waals surface area contributed by atoms with Gasteiger partial charge in [-0.1, -0.05) is 35.9 Å².